The van der Waals surface area contributed by atoms with Crippen molar-refractivity contribution in [2.45, 2.75) is 58.1 Å². The third kappa shape index (κ3) is 4.41. The molecule has 3 rings (SSSR count). The highest BCUT2D eigenvalue weighted by Gasteiger charge is 2.21. The van der Waals surface area contributed by atoms with E-state index in [2.05, 4.69) is 23.5 Å². The number of amides is 1. The smallest absolute Gasteiger partial charge is 0.261 e. The van der Waals surface area contributed by atoms with Gasteiger partial charge in [0.1, 0.15) is 5.75 Å². The summed E-state index contributed by atoms with van der Waals surface area (Å²) in [7, 11) is 0. The molecule has 1 aliphatic carbocycles. The van der Waals surface area contributed by atoms with Crippen LogP contribution in [0.4, 0.5) is 0 Å². The first-order chi connectivity index (χ1) is 12.2. The first kappa shape index (κ1) is 17.5. The number of carbonyl (C=O) groups excluding carboxylic acids is 1. The zero-order valence-electron chi connectivity index (χ0n) is 15.1. The van der Waals surface area contributed by atoms with E-state index in [0.717, 1.165) is 12.2 Å². The van der Waals surface area contributed by atoms with Crippen molar-refractivity contribution in [1.29, 1.82) is 0 Å². The highest BCUT2D eigenvalue weighted by molar-refractivity contribution is 5.81. The number of rotatable bonds is 6. The van der Waals surface area contributed by atoms with Gasteiger partial charge in [-0.15, -0.1) is 0 Å². The lowest BCUT2D eigenvalue weighted by Crippen LogP contribution is -2.39. The summed E-state index contributed by atoms with van der Waals surface area (Å²) in [6.07, 6.45) is 5.05. The number of carbonyl (C=O) groups is 1. The lowest BCUT2D eigenvalue weighted by atomic mass is 9.89. The Hall–Kier alpha value is -2.29. The second-order valence-corrected chi connectivity index (χ2v) is 6.79. The van der Waals surface area contributed by atoms with Crippen LogP contribution in [0.3, 0.4) is 0 Å². The summed E-state index contributed by atoms with van der Waals surface area (Å²) in [6.45, 7) is 4.01. The van der Waals surface area contributed by atoms with Crippen LogP contribution in [0.15, 0.2) is 48.5 Å². The quantitative estimate of drug-likeness (QED) is 0.836. The molecule has 0 saturated carbocycles. The van der Waals surface area contributed by atoms with Crippen molar-refractivity contribution in [1.82, 2.24) is 5.32 Å². The van der Waals surface area contributed by atoms with E-state index in [1.165, 1.54) is 36.0 Å². The Morgan fingerprint density at radius 1 is 1.08 bits per heavy atom. The van der Waals surface area contributed by atoms with E-state index in [1.807, 2.05) is 44.2 Å². The van der Waals surface area contributed by atoms with Crippen molar-refractivity contribution in [2.24, 2.45) is 0 Å². The molecule has 2 aromatic carbocycles. The molecule has 3 nitrogen and oxygen atoms in total. The minimum atomic E-state index is -0.470. The Morgan fingerprint density at radius 3 is 2.52 bits per heavy atom. The molecule has 2 aromatic rings. The fraction of sp³-hybridized carbons (Fsp3) is 0.409. The fourth-order valence-corrected chi connectivity index (χ4v) is 3.40. The van der Waals surface area contributed by atoms with Crippen LogP contribution in [0.5, 0.6) is 5.75 Å². The van der Waals surface area contributed by atoms with Gasteiger partial charge in [-0.05, 0) is 67.9 Å². The average molecular weight is 337 g/mol. The van der Waals surface area contributed by atoms with Crippen molar-refractivity contribution in [3.8, 4) is 5.75 Å². The van der Waals surface area contributed by atoms with Crippen LogP contribution in [-0.2, 0) is 17.6 Å². The highest BCUT2D eigenvalue weighted by Crippen LogP contribution is 2.25. The SMILES string of the molecule is CC[C@@H](Oc1ccccc1)C(=O)N[C@H](C)c1ccc2c(c1)CCCC2. The van der Waals surface area contributed by atoms with Crippen LogP contribution in [0.2, 0.25) is 0 Å². The van der Waals surface area contributed by atoms with Crippen molar-refractivity contribution in [3.05, 3.63) is 65.2 Å². The maximum absolute atomic E-state index is 12.6. The van der Waals surface area contributed by atoms with Gasteiger partial charge in [0.05, 0.1) is 6.04 Å². The van der Waals surface area contributed by atoms with Crippen molar-refractivity contribution in [2.75, 3.05) is 0 Å². The second-order valence-electron chi connectivity index (χ2n) is 6.79. The standard InChI is InChI=1S/C22H27NO2/c1-3-21(25-20-11-5-4-6-12-20)22(24)23-16(2)18-14-13-17-9-7-8-10-19(17)15-18/h4-6,11-16,21H,3,7-10H2,1-2H3,(H,23,24)/t16-,21-/m1/s1. The fourth-order valence-electron chi connectivity index (χ4n) is 3.40. The Kier molecular flexibility index (Phi) is 5.75. The molecular weight excluding hydrogens is 310 g/mol. The maximum atomic E-state index is 12.6. The molecule has 1 N–H and O–H groups in total. The zero-order chi connectivity index (χ0) is 17.6. The van der Waals surface area contributed by atoms with E-state index in [9.17, 15) is 4.79 Å². The summed E-state index contributed by atoms with van der Waals surface area (Å²) < 4.78 is 5.84. The van der Waals surface area contributed by atoms with Crippen molar-refractivity contribution >= 4 is 5.91 Å². The van der Waals surface area contributed by atoms with Gasteiger partial charge in [-0.25, -0.2) is 0 Å². The average Bonchev–Trinajstić information content (AvgIpc) is 2.66. The number of para-hydroxylation sites is 1. The Morgan fingerprint density at radius 2 is 1.80 bits per heavy atom. The molecule has 0 aliphatic heterocycles. The minimum Gasteiger partial charge on any atom is -0.481 e. The molecule has 0 bridgehead atoms. The molecule has 2 atom stereocenters. The lowest BCUT2D eigenvalue weighted by Gasteiger charge is -2.22. The first-order valence-corrected chi connectivity index (χ1v) is 9.31. The molecular formula is C22H27NO2. The summed E-state index contributed by atoms with van der Waals surface area (Å²) >= 11 is 0. The maximum Gasteiger partial charge on any atom is 0.261 e. The van der Waals surface area contributed by atoms with E-state index in [-0.39, 0.29) is 11.9 Å². The summed E-state index contributed by atoms with van der Waals surface area (Å²) in [6, 6.07) is 16.1. The number of fused-ring (bicyclic) bond motifs is 1. The minimum absolute atomic E-state index is 0.0202. The van der Waals surface area contributed by atoms with E-state index in [4.69, 9.17) is 4.74 Å². The first-order valence-electron chi connectivity index (χ1n) is 9.31. The molecule has 1 aliphatic rings. The molecule has 0 fully saturated rings. The summed E-state index contributed by atoms with van der Waals surface area (Å²) in [5.74, 6) is 0.669. The molecule has 3 heteroatoms. The van der Waals surface area contributed by atoms with Gasteiger partial charge in [0.25, 0.3) is 5.91 Å². The summed E-state index contributed by atoms with van der Waals surface area (Å²) in [4.78, 5) is 12.6. The molecule has 25 heavy (non-hydrogen) atoms. The lowest BCUT2D eigenvalue weighted by molar-refractivity contribution is -0.128. The third-order valence-electron chi connectivity index (χ3n) is 4.92. The number of benzene rings is 2. The van der Waals surface area contributed by atoms with Gasteiger partial charge in [-0.2, -0.15) is 0 Å². The van der Waals surface area contributed by atoms with E-state index in [1.54, 1.807) is 0 Å². The van der Waals surface area contributed by atoms with Crippen LogP contribution in [0.25, 0.3) is 0 Å². The Balaban J connectivity index is 1.64. The number of nitrogens with one attached hydrogen (secondary N) is 1. The Labute approximate surface area is 150 Å². The number of hydrogen-bond donors (Lipinski definition) is 1. The van der Waals surface area contributed by atoms with Gasteiger partial charge >= 0.3 is 0 Å². The van der Waals surface area contributed by atoms with E-state index >= 15 is 0 Å². The predicted octanol–water partition coefficient (Wildman–Crippen LogP) is 4.60. The van der Waals surface area contributed by atoms with Gasteiger partial charge in [0.2, 0.25) is 0 Å². The molecule has 0 saturated heterocycles. The molecule has 0 aromatic heterocycles. The number of aryl methyl sites for hydroxylation is 2. The third-order valence-corrected chi connectivity index (χ3v) is 4.92. The molecule has 0 heterocycles. The predicted molar refractivity (Wildman–Crippen MR) is 101 cm³/mol. The van der Waals surface area contributed by atoms with Gasteiger partial charge in [-0.1, -0.05) is 43.3 Å². The topological polar surface area (TPSA) is 38.3 Å². The largest absolute Gasteiger partial charge is 0.481 e. The summed E-state index contributed by atoms with van der Waals surface area (Å²) in [5.41, 5.74) is 4.08. The van der Waals surface area contributed by atoms with Crippen molar-refractivity contribution in [3.63, 3.8) is 0 Å². The monoisotopic (exact) mass is 337 g/mol. The molecule has 132 valence electrons. The van der Waals surface area contributed by atoms with Crippen LogP contribution >= 0.6 is 0 Å². The normalized spacial score (nSPS) is 15.8. The van der Waals surface area contributed by atoms with Crippen LogP contribution in [0, 0.1) is 0 Å². The van der Waals surface area contributed by atoms with Crippen LogP contribution in [-0.4, -0.2) is 12.0 Å². The number of hydrogen-bond acceptors (Lipinski definition) is 2. The highest BCUT2D eigenvalue weighted by atomic mass is 16.5. The molecule has 0 radical (unpaired) electrons. The molecule has 0 spiro atoms. The van der Waals surface area contributed by atoms with Crippen LogP contribution < -0.4 is 10.1 Å². The van der Waals surface area contributed by atoms with Gasteiger partial charge < -0.3 is 10.1 Å². The van der Waals surface area contributed by atoms with E-state index < -0.39 is 6.10 Å². The van der Waals surface area contributed by atoms with E-state index in [0.29, 0.717) is 6.42 Å². The molecule has 1 amide bonds. The van der Waals surface area contributed by atoms with Crippen LogP contribution in [0.1, 0.15) is 55.8 Å². The molecule has 0 unspecified atom stereocenters. The van der Waals surface area contributed by atoms with Gasteiger partial charge in [0, 0.05) is 0 Å². The Bertz CT molecular complexity index is 711. The summed E-state index contributed by atoms with van der Waals surface area (Å²) in [5, 5.41) is 3.11. The zero-order valence-corrected chi connectivity index (χ0v) is 15.1. The van der Waals surface area contributed by atoms with Gasteiger partial charge in [0.15, 0.2) is 6.10 Å². The van der Waals surface area contributed by atoms with Gasteiger partial charge in [-0.3, -0.25) is 4.79 Å². The second kappa shape index (κ2) is 8.19. The van der Waals surface area contributed by atoms with Crippen molar-refractivity contribution < 1.29 is 9.53 Å². The number of ether oxygens (including phenoxy) is 1.